The van der Waals surface area contributed by atoms with Crippen LogP contribution in [0.25, 0.3) is 0 Å². The highest BCUT2D eigenvalue weighted by Gasteiger charge is 2.28. The van der Waals surface area contributed by atoms with Gasteiger partial charge < -0.3 is 10.4 Å². The van der Waals surface area contributed by atoms with Crippen LogP contribution in [0.2, 0.25) is 0 Å². The summed E-state index contributed by atoms with van der Waals surface area (Å²) in [5.41, 5.74) is 0.399. The zero-order valence-electron chi connectivity index (χ0n) is 10.6. The zero-order chi connectivity index (χ0) is 15.3. The highest BCUT2D eigenvalue weighted by molar-refractivity contribution is 9.10. The average molecular weight is 407 g/mol. The summed E-state index contributed by atoms with van der Waals surface area (Å²) in [5, 5.41) is 11.2. The number of carbonyl (C=O) groups excluding carboxylic acids is 2. The van der Waals surface area contributed by atoms with Crippen LogP contribution in [-0.4, -0.2) is 34.1 Å². The number of ketones is 1. The number of hydrogen-bond donors (Lipinski definition) is 2. The first-order chi connectivity index (χ1) is 9.36. The second kappa shape index (κ2) is 7.54. The Morgan fingerprint density at radius 3 is 2.25 bits per heavy atom. The van der Waals surface area contributed by atoms with E-state index in [0.717, 1.165) is 4.47 Å². The van der Waals surface area contributed by atoms with E-state index in [4.69, 9.17) is 5.11 Å². The van der Waals surface area contributed by atoms with Crippen LogP contribution < -0.4 is 5.32 Å². The van der Waals surface area contributed by atoms with Crippen molar-refractivity contribution in [2.45, 2.75) is 13.0 Å². The lowest BCUT2D eigenvalue weighted by Crippen LogP contribution is -2.44. The molecule has 1 amide bonds. The van der Waals surface area contributed by atoms with Crippen LogP contribution in [0.3, 0.4) is 0 Å². The first-order valence-electron chi connectivity index (χ1n) is 5.75. The maximum absolute atomic E-state index is 12.2. The van der Waals surface area contributed by atoms with Crippen LogP contribution in [0.1, 0.15) is 17.3 Å². The number of nitrogens with one attached hydrogen (secondary N) is 1. The summed E-state index contributed by atoms with van der Waals surface area (Å²) in [4.78, 5) is 34.9. The van der Waals surface area contributed by atoms with Crippen molar-refractivity contribution < 1.29 is 19.5 Å². The summed E-state index contributed by atoms with van der Waals surface area (Å²) < 4.78 is 0.827. The van der Waals surface area contributed by atoms with Gasteiger partial charge in [-0.2, -0.15) is 0 Å². The fraction of sp³-hybridized carbons (Fsp3) is 0.308. The van der Waals surface area contributed by atoms with Gasteiger partial charge in [-0.15, -0.1) is 0 Å². The second-order valence-corrected chi connectivity index (χ2v) is 5.71. The molecule has 0 fully saturated rings. The molecule has 0 heterocycles. The number of aliphatic carboxylic acids is 1. The van der Waals surface area contributed by atoms with Gasteiger partial charge in [-0.3, -0.25) is 14.4 Å². The van der Waals surface area contributed by atoms with Gasteiger partial charge in [0.25, 0.3) is 0 Å². The van der Waals surface area contributed by atoms with Gasteiger partial charge in [0.1, 0.15) is 12.0 Å². The lowest BCUT2D eigenvalue weighted by atomic mass is 9.98. The van der Waals surface area contributed by atoms with E-state index in [2.05, 4.69) is 37.2 Å². The molecule has 5 nitrogen and oxygen atoms in total. The van der Waals surface area contributed by atoms with Gasteiger partial charge >= 0.3 is 5.97 Å². The number of carboxylic acids is 1. The normalized spacial score (nSPS) is 13.3. The van der Waals surface area contributed by atoms with Crippen LogP contribution in [0.4, 0.5) is 0 Å². The number of amides is 1. The molecule has 0 spiro atoms. The first kappa shape index (κ1) is 16.8. The van der Waals surface area contributed by atoms with E-state index in [-0.39, 0.29) is 11.1 Å². The molecule has 1 unspecified atom stereocenters. The Morgan fingerprint density at radius 2 is 1.80 bits per heavy atom. The molecule has 1 aromatic rings. The molecular weight excluding hydrogens is 394 g/mol. The van der Waals surface area contributed by atoms with Crippen molar-refractivity contribution in [1.82, 2.24) is 5.32 Å². The molecule has 0 aromatic heterocycles. The van der Waals surface area contributed by atoms with E-state index in [9.17, 15) is 14.4 Å². The molecule has 20 heavy (non-hydrogen) atoms. The monoisotopic (exact) mass is 405 g/mol. The van der Waals surface area contributed by atoms with Crippen LogP contribution in [0.15, 0.2) is 28.7 Å². The molecule has 1 aromatic carbocycles. The quantitative estimate of drug-likeness (QED) is 0.431. The fourth-order valence-electron chi connectivity index (χ4n) is 1.45. The molecule has 0 bridgehead atoms. The molecular formula is C13H13Br2NO4. The van der Waals surface area contributed by atoms with Gasteiger partial charge in [0, 0.05) is 15.4 Å². The second-order valence-electron chi connectivity index (χ2n) is 4.15. The molecule has 0 saturated carbocycles. The Hall–Kier alpha value is -1.21. The van der Waals surface area contributed by atoms with E-state index in [0.29, 0.717) is 5.56 Å². The minimum Gasteiger partial charge on any atom is -0.480 e. The molecule has 1 rings (SSSR count). The lowest BCUT2D eigenvalue weighted by molar-refractivity contribution is -0.141. The van der Waals surface area contributed by atoms with Crippen molar-refractivity contribution >= 4 is 49.5 Å². The Kier molecular flexibility index (Phi) is 6.35. The van der Waals surface area contributed by atoms with Crippen molar-refractivity contribution in [2.24, 2.45) is 5.92 Å². The average Bonchev–Trinajstić information content (AvgIpc) is 2.39. The predicted octanol–water partition coefficient (Wildman–Crippen LogP) is 2.23. The van der Waals surface area contributed by atoms with Gasteiger partial charge in [-0.05, 0) is 19.1 Å². The number of hydrogen-bond acceptors (Lipinski definition) is 3. The van der Waals surface area contributed by atoms with Crippen molar-refractivity contribution in [2.75, 3.05) is 5.33 Å². The van der Waals surface area contributed by atoms with E-state index < -0.39 is 23.8 Å². The van der Waals surface area contributed by atoms with Gasteiger partial charge in [-0.25, -0.2) is 0 Å². The fourth-order valence-corrected chi connectivity index (χ4v) is 2.30. The van der Waals surface area contributed by atoms with Crippen molar-refractivity contribution in [3.63, 3.8) is 0 Å². The third-order valence-corrected chi connectivity index (χ3v) is 3.82. The SMILES string of the molecule is C[C@H](NC(=O)C(CBr)C(=O)c1ccc(Br)cc1)C(=O)O. The van der Waals surface area contributed by atoms with E-state index in [1.54, 1.807) is 24.3 Å². The molecule has 7 heteroatoms. The number of halogens is 2. The smallest absolute Gasteiger partial charge is 0.325 e. The van der Waals surface area contributed by atoms with E-state index in [1.807, 2.05) is 0 Å². The minimum absolute atomic E-state index is 0.125. The van der Waals surface area contributed by atoms with Gasteiger partial charge in [0.15, 0.2) is 5.78 Å². The van der Waals surface area contributed by atoms with Crippen molar-refractivity contribution in [1.29, 1.82) is 0 Å². The number of carboxylic acid groups (broad SMARTS) is 1. The summed E-state index contributed by atoms with van der Waals surface area (Å²) in [6, 6.07) is 5.58. The number of rotatable bonds is 6. The molecule has 0 aliphatic carbocycles. The molecule has 0 saturated heterocycles. The maximum atomic E-state index is 12.2. The summed E-state index contributed by atoms with van der Waals surface area (Å²) in [6.45, 7) is 1.34. The number of benzene rings is 1. The van der Waals surface area contributed by atoms with Crippen LogP contribution >= 0.6 is 31.9 Å². The highest BCUT2D eigenvalue weighted by atomic mass is 79.9. The third kappa shape index (κ3) is 4.42. The topological polar surface area (TPSA) is 83.5 Å². The van der Waals surface area contributed by atoms with Crippen LogP contribution in [-0.2, 0) is 9.59 Å². The molecule has 0 radical (unpaired) electrons. The maximum Gasteiger partial charge on any atom is 0.325 e. The lowest BCUT2D eigenvalue weighted by Gasteiger charge is -2.15. The van der Waals surface area contributed by atoms with Crippen molar-refractivity contribution in [3.8, 4) is 0 Å². The molecule has 0 aliphatic rings. The Labute approximate surface area is 133 Å². The van der Waals surface area contributed by atoms with E-state index >= 15 is 0 Å². The van der Waals surface area contributed by atoms with Crippen LogP contribution in [0, 0.1) is 5.92 Å². The predicted molar refractivity (Wildman–Crippen MR) is 81.0 cm³/mol. The van der Waals surface area contributed by atoms with Crippen molar-refractivity contribution in [3.05, 3.63) is 34.3 Å². The summed E-state index contributed by atoms with van der Waals surface area (Å²) in [7, 11) is 0. The minimum atomic E-state index is -1.15. The van der Waals surface area contributed by atoms with Gasteiger partial charge in [0.2, 0.25) is 5.91 Å². The summed E-state index contributed by atoms with van der Waals surface area (Å²) >= 11 is 6.38. The van der Waals surface area contributed by atoms with Gasteiger partial charge in [0.05, 0.1) is 0 Å². The molecule has 108 valence electrons. The number of carbonyl (C=O) groups is 3. The molecule has 0 aliphatic heterocycles. The Morgan fingerprint density at radius 1 is 1.25 bits per heavy atom. The number of Topliss-reactive ketones (excluding diaryl/α,β-unsaturated/α-hetero) is 1. The first-order valence-corrected chi connectivity index (χ1v) is 7.67. The number of alkyl halides is 1. The zero-order valence-corrected chi connectivity index (χ0v) is 13.8. The Balaban J connectivity index is 2.84. The third-order valence-electron chi connectivity index (χ3n) is 2.65. The van der Waals surface area contributed by atoms with E-state index in [1.165, 1.54) is 6.92 Å². The Bertz CT molecular complexity index is 516. The standard InChI is InChI=1S/C13H13Br2NO4/c1-7(13(19)20)16-12(18)10(6-14)11(17)8-2-4-9(15)5-3-8/h2-5,7,10H,6H2,1H3,(H,16,18)(H,19,20)/t7-,10?/m0/s1. The van der Waals surface area contributed by atoms with Crippen LogP contribution in [0.5, 0.6) is 0 Å². The summed E-state index contributed by atoms with van der Waals surface area (Å²) in [5.74, 6) is -3.07. The summed E-state index contributed by atoms with van der Waals surface area (Å²) in [6.07, 6.45) is 0. The largest absolute Gasteiger partial charge is 0.480 e. The molecule has 2 atom stereocenters. The molecule has 2 N–H and O–H groups in total. The van der Waals surface area contributed by atoms with Gasteiger partial charge in [-0.1, -0.05) is 44.0 Å². The highest BCUT2D eigenvalue weighted by Crippen LogP contribution is 2.16.